The molecule has 86 valence electrons. The minimum atomic E-state index is -5.29. The number of nitrogens with zero attached hydrogens (tertiary/aromatic N) is 1. The van der Waals surface area contributed by atoms with E-state index < -0.39 is 21.6 Å². The first kappa shape index (κ1) is 13.7. The van der Waals surface area contributed by atoms with Crippen molar-refractivity contribution in [3.8, 4) is 0 Å². The average Bonchev–Trinajstić information content (AvgIpc) is 2.01. The molecular formula is C6H12F3NO3S. The van der Waals surface area contributed by atoms with Crippen LogP contribution >= 0.6 is 0 Å². The van der Waals surface area contributed by atoms with Crippen LogP contribution in [0.15, 0.2) is 0 Å². The molecule has 1 N–H and O–H groups in total. The molecule has 0 aliphatic heterocycles. The lowest BCUT2D eigenvalue weighted by molar-refractivity contribution is -0.0493. The fourth-order valence-electron chi connectivity index (χ4n) is 0.769. The highest BCUT2D eigenvalue weighted by molar-refractivity contribution is 7.89. The monoisotopic (exact) mass is 235 g/mol. The summed E-state index contributed by atoms with van der Waals surface area (Å²) < 4.78 is 57.8. The molecular weight excluding hydrogens is 223 g/mol. The predicted molar refractivity (Wildman–Crippen MR) is 43.9 cm³/mol. The molecule has 0 amide bonds. The van der Waals surface area contributed by atoms with Crippen LogP contribution in [0.4, 0.5) is 13.2 Å². The third kappa shape index (κ3) is 2.82. The number of sulfonamides is 1. The van der Waals surface area contributed by atoms with Crippen LogP contribution in [0.1, 0.15) is 13.3 Å². The fraction of sp³-hybridized carbons (Fsp3) is 1.00. The SMILES string of the molecule is C[C@H](CCO)N(C)S(=O)(=O)C(F)(F)F. The van der Waals surface area contributed by atoms with Gasteiger partial charge in [0.25, 0.3) is 0 Å². The molecule has 0 spiro atoms. The molecule has 8 heteroatoms. The second-order valence-corrected chi connectivity index (χ2v) is 4.82. The zero-order valence-electron chi connectivity index (χ0n) is 7.74. The number of alkyl halides is 3. The quantitative estimate of drug-likeness (QED) is 0.773. The van der Waals surface area contributed by atoms with Crippen molar-refractivity contribution < 1.29 is 26.7 Å². The van der Waals surface area contributed by atoms with Crippen LogP contribution in [0.25, 0.3) is 0 Å². The molecule has 0 aliphatic carbocycles. The predicted octanol–water partition coefficient (Wildman–Crippen LogP) is 0.539. The number of hydrogen-bond acceptors (Lipinski definition) is 3. The van der Waals surface area contributed by atoms with Gasteiger partial charge in [0.2, 0.25) is 0 Å². The number of rotatable bonds is 4. The highest BCUT2D eigenvalue weighted by Crippen LogP contribution is 2.27. The normalized spacial score (nSPS) is 15.9. The molecule has 0 radical (unpaired) electrons. The van der Waals surface area contributed by atoms with E-state index in [0.29, 0.717) is 0 Å². The summed E-state index contributed by atoms with van der Waals surface area (Å²) in [6.45, 7) is 0.929. The molecule has 14 heavy (non-hydrogen) atoms. The summed E-state index contributed by atoms with van der Waals surface area (Å²) in [6, 6.07) is -0.883. The van der Waals surface area contributed by atoms with E-state index in [4.69, 9.17) is 5.11 Å². The largest absolute Gasteiger partial charge is 0.511 e. The van der Waals surface area contributed by atoms with Crippen LogP contribution < -0.4 is 0 Å². The van der Waals surface area contributed by atoms with Crippen LogP contribution in [0.5, 0.6) is 0 Å². The second-order valence-electron chi connectivity index (χ2n) is 2.83. The summed E-state index contributed by atoms with van der Waals surface area (Å²) in [6.07, 6.45) is -0.0359. The number of aliphatic hydroxyl groups excluding tert-OH is 1. The van der Waals surface area contributed by atoms with Crippen molar-refractivity contribution in [1.29, 1.82) is 0 Å². The van der Waals surface area contributed by atoms with Gasteiger partial charge >= 0.3 is 15.5 Å². The molecule has 0 aromatic rings. The van der Waals surface area contributed by atoms with Crippen molar-refractivity contribution in [2.24, 2.45) is 0 Å². The van der Waals surface area contributed by atoms with Crippen molar-refractivity contribution in [3.63, 3.8) is 0 Å². The third-order valence-electron chi connectivity index (χ3n) is 1.84. The molecule has 0 bridgehead atoms. The zero-order chi connectivity index (χ0) is 11.6. The fourth-order valence-corrected chi connectivity index (χ4v) is 1.67. The summed E-state index contributed by atoms with van der Waals surface area (Å²) in [7, 11) is -4.44. The van der Waals surface area contributed by atoms with Gasteiger partial charge in [0.1, 0.15) is 0 Å². The highest BCUT2D eigenvalue weighted by atomic mass is 32.2. The number of hydrogen-bond donors (Lipinski definition) is 1. The van der Waals surface area contributed by atoms with Gasteiger partial charge in [-0.2, -0.15) is 17.5 Å². The summed E-state index contributed by atoms with van der Waals surface area (Å²) in [5, 5.41) is 8.45. The van der Waals surface area contributed by atoms with Crippen molar-refractivity contribution in [1.82, 2.24) is 4.31 Å². The van der Waals surface area contributed by atoms with E-state index in [2.05, 4.69) is 0 Å². The lowest BCUT2D eigenvalue weighted by atomic mass is 10.2. The van der Waals surface area contributed by atoms with Gasteiger partial charge in [-0.15, -0.1) is 0 Å². The van der Waals surface area contributed by atoms with Gasteiger partial charge in [0.15, 0.2) is 0 Å². The Bertz CT molecular complexity index is 275. The van der Waals surface area contributed by atoms with Gasteiger partial charge in [-0.05, 0) is 13.3 Å². The number of aliphatic hydroxyl groups is 1. The van der Waals surface area contributed by atoms with Gasteiger partial charge in [-0.25, -0.2) is 8.42 Å². The molecule has 0 aromatic carbocycles. The molecule has 4 nitrogen and oxygen atoms in total. The minimum absolute atomic E-state index is 0.0359. The summed E-state index contributed by atoms with van der Waals surface area (Å²) in [4.78, 5) is 0. The Kier molecular flexibility index (Phi) is 4.34. The summed E-state index contributed by atoms with van der Waals surface area (Å²) >= 11 is 0. The first-order chi connectivity index (χ1) is 6.14. The maximum atomic E-state index is 12.0. The first-order valence-corrected chi connectivity index (χ1v) is 5.23. The maximum absolute atomic E-state index is 12.0. The Morgan fingerprint density at radius 3 is 2.14 bits per heavy atom. The van der Waals surface area contributed by atoms with Gasteiger partial charge in [0, 0.05) is 19.7 Å². The summed E-state index contributed by atoms with van der Waals surface area (Å²) in [5.41, 5.74) is -5.29. The Morgan fingerprint density at radius 2 is 1.86 bits per heavy atom. The molecule has 0 rings (SSSR count). The molecule has 0 unspecified atom stereocenters. The summed E-state index contributed by atoms with van der Waals surface area (Å²) in [5.74, 6) is 0. The topological polar surface area (TPSA) is 57.6 Å². The van der Waals surface area contributed by atoms with E-state index in [1.54, 1.807) is 0 Å². The Morgan fingerprint density at radius 1 is 1.43 bits per heavy atom. The lowest BCUT2D eigenvalue weighted by Gasteiger charge is -2.24. The van der Waals surface area contributed by atoms with Crippen LogP contribution in [0.3, 0.4) is 0 Å². The van der Waals surface area contributed by atoms with E-state index >= 15 is 0 Å². The van der Waals surface area contributed by atoms with Crippen molar-refractivity contribution in [2.75, 3.05) is 13.7 Å². The molecule has 0 heterocycles. The average molecular weight is 235 g/mol. The second kappa shape index (κ2) is 4.45. The lowest BCUT2D eigenvalue weighted by Crippen LogP contribution is -2.43. The van der Waals surface area contributed by atoms with Crippen molar-refractivity contribution >= 4 is 10.0 Å². The van der Waals surface area contributed by atoms with E-state index in [9.17, 15) is 21.6 Å². The van der Waals surface area contributed by atoms with Crippen LogP contribution in [-0.4, -0.2) is 43.0 Å². The Hall–Kier alpha value is -0.340. The van der Waals surface area contributed by atoms with Crippen LogP contribution in [-0.2, 0) is 10.0 Å². The minimum Gasteiger partial charge on any atom is -0.396 e. The highest BCUT2D eigenvalue weighted by Gasteiger charge is 2.49. The van der Waals surface area contributed by atoms with Gasteiger partial charge in [0.05, 0.1) is 0 Å². The maximum Gasteiger partial charge on any atom is 0.511 e. The van der Waals surface area contributed by atoms with E-state index in [1.807, 2.05) is 0 Å². The molecule has 1 atom stereocenters. The van der Waals surface area contributed by atoms with Crippen molar-refractivity contribution in [2.45, 2.75) is 24.9 Å². The molecule has 0 aliphatic rings. The van der Waals surface area contributed by atoms with Crippen LogP contribution in [0.2, 0.25) is 0 Å². The van der Waals surface area contributed by atoms with Gasteiger partial charge < -0.3 is 5.11 Å². The zero-order valence-corrected chi connectivity index (χ0v) is 8.56. The molecule has 0 fully saturated rings. The molecule has 0 aromatic heterocycles. The Labute approximate surface area is 80.4 Å². The van der Waals surface area contributed by atoms with E-state index in [0.717, 1.165) is 7.05 Å². The standard InChI is InChI=1S/C6H12F3NO3S/c1-5(3-4-11)10(2)14(12,13)6(7,8)9/h5,11H,3-4H2,1-2H3/t5-/m1/s1. The molecule has 0 saturated heterocycles. The third-order valence-corrected chi connectivity index (χ3v) is 3.54. The number of halogens is 3. The Balaban J connectivity index is 4.77. The van der Waals surface area contributed by atoms with Crippen LogP contribution in [0, 0.1) is 0 Å². The van der Waals surface area contributed by atoms with Gasteiger partial charge in [-0.3, -0.25) is 0 Å². The van der Waals surface area contributed by atoms with Gasteiger partial charge in [-0.1, -0.05) is 0 Å². The first-order valence-electron chi connectivity index (χ1n) is 3.79. The van der Waals surface area contributed by atoms with E-state index in [-0.39, 0.29) is 17.3 Å². The smallest absolute Gasteiger partial charge is 0.396 e. The molecule has 0 saturated carbocycles. The van der Waals surface area contributed by atoms with E-state index in [1.165, 1.54) is 6.92 Å². The van der Waals surface area contributed by atoms with Crippen molar-refractivity contribution in [3.05, 3.63) is 0 Å².